The van der Waals surface area contributed by atoms with Crippen LogP contribution in [0, 0.1) is 0 Å². The fourth-order valence-corrected chi connectivity index (χ4v) is 21.2. The van der Waals surface area contributed by atoms with Crippen molar-refractivity contribution in [2.75, 3.05) is 14.1 Å². The first kappa shape index (κ1) is 14.6. The number of hydrogen-bond donors (Lipinski definition) is 0. The van der Waals surface area contributed by atoms with Gasteiger partial charge in [-0.1, -0.05) is 39.3 Å². The van der Waals surface area contributed by atoms with Crippen molar-refractivity contribution in [2.24, 2.45) is 0 Å². The Morgan fingerprint density at radius 1 is 0.786 bits per heavy atom. The van der Waals surface area contributed by atoms with Crippen molar-refractivity contribution in [1.29, 1.82) is 0 Å². The van der Waals surface area contributed by atoms with Gasteiger partial charge in [-0.3, -0.25) is 0 Å². The maximum Gasteiger partial charge on any atom is 0.173 e. The molecule has 0 aromatic carbocycles. The van der Waals surface area contributed by atoms with Crippen LogP contribution in [0.15, 0.2) is 0 Å². The second-order valence-electron chi connectivity index (χ2n) is 6.31. The van der Waals surface area contributed by atoms with Gasteiger partial charge in [0, 0.05) is 0 Å². The zero-order valence-corrected chi connectivity index (χ0v) is 14.6. The zero-order valence-electron chi connectivity index (χ0n) is 11.5. The summed E-state index contributed by atoms with van der Waals surface area (Å²) in [5, 5.41) is 0. The SMILES string of the molecule is CN(C)[SiH](C)N([Si](C)(C)C)[Si](C)(C)C. The van der Waals surface area contributed by atoms with Crippen LogP contribution < -0.4 is 0 Å². The molecule has 0 amide bonds. The van der Waals surface area contributed by atoms with Crippen molar-refractivity contribution >= 4 is 25.6 Å². The van der Waals surface area contributed by atoms with E-state index in [9.17, 15) is 0 Å². The third-order valence-electron chi connectivity index (χ3n) is 2.57. The molecule has 0 bridgehead atoms. The Kier molecular flexibility index (Phi) is 4.80. The first-order valence-electron chi connectivity index (χ1n) is 5.44. The molecule has 0 N–H and O–H groups in total. The van der Waals surface area contributed by atoms with Gasteiger partial charge >= 0.3 is 0 Å². The second kappa shape index (κ2) is 4.61. The van der Waals surface area contributed by atoms with Gasteiger partial charge in [-0.25, -0.2) is 0 Å². The maximum absolute atomic E-state index is 2.96. The summed E-state index contributed by atoms with van der Waals surface area (Å²) < 4.78 is 5.43. The van der Waals surface area contributed by atoms with E-state index in [0.717, 1.165) is 0 Å². The summed E-state index contributed by atoms with van der Waals surface area (Å²) in [6.07, 6.45) is 0. The standard InChI is InChI=1S/C9H28N2Si3/c1-10(2)12(3)11(13(4,5)6)14(7,8)9/h12H,1-9H3. The predicted octanol–water partition coefficient (Wildman–Crippen LogP) is 2.37. The van der Waals surface area contributed by atoms with Gasteiger partial charge in [0.25, 0.3) is 0 Å². The molecule has 0 spiro atoms. The average molecular weight is 249 g/mol. The topological polar surface area (TPSA) is 6.48 Å². The maximum atomic E-state index is 2.96. The molecule has 0 rings (SSSR count). The molecule has 86 valence electrons. The Morgan fingerprint density at radius 3 is 1.14 bits per heavy atom. The molecule has 0 aromatic rings. The van der Waals surface area contributed by atoms with Crippen LogP contribution in [-0.4, -0.2) is 48.1 Å². The third kappa shape index (κ3) is 3.98. The Hall–Kier alpha value is 0.571. The summed E-state index contributed by atoms with van der Waals surface area (Å²) in [6.45, 7) is 17.4. The summed E-state index contributed by atoms with van der Waals surface area (Å²) >= 11 is 0. The molecule has 2 nitrogen and oxygen atoms in total. The summed E-state index contributed by atoms with van der Waals surface area (Å²) in [4.78, 5) is 0. The van der Waals surface area contributed by atoms with E-state index >= 15 is 0 Å². The number of hydrogen-bond acceptors (Lipinski definition) is 2. The molecule has 0 aromatic heterocycles. The van der Waals surface area contributed by atoms with E-state index in [4.69, 9.17) is 0 Å². The predicted molar refractivity (Wildman–Crippen MR) is 75.2 cm³/mol. The van der Waals surface area contributed by atoms with Gasteiger partial charge in [-0.05, 0) is 20.6 Å². The first-order valence-corrected chi connectivity index (χ1v) is 14.5. The van der Waals surface area contributed by atoms with Crippen LogP contribution in [0.25, 0.3) is 0 Å². The van der Waals surface area contributed by atoms with Crippen molar-refractivity contribution in [3.8, 4) is 0 Å². The van der Waals surface area contributed by atoms with Crippen molar-refractivity contribution in [1.82, 2.24) is 8.46 Å². The molecular weight excluding hydrogens is 220 g/mol. The van der Waals surface area contributed by atoms with E-state index in [-0.39, 0.29) is 0 Å². The van der Waals surface area contributed by atoms with Crippen LogP contribution in [0.4, 0.5) is 0 Å². The lowest BCUT2D eigenvalue weighted by molar-refractivity contribution is 0.602. The molecule has 0 radical (unpaired) electrons. The summed E-state index contributed by atoms with van der Waals surface area (Å²) in [7, 11) is 1.36. The van der Waals surface area contributed by atoms with Gasteiger partial charge < -0.3 is 8.46 Å². The Balaban J connectivity index is 4.94. The van der Waals surface area contributed by atoms with Gasteiger partial charge in [-0.2, -0.15) is 0 Å². The van der Waals surface area contributed by atoms with Gasteiger partial charge in [0.05, 0.1) is 0 Å². The van der Waals surface area contributed by atoms with Gasteiger partial charge in [0.15, 0.2) is 9.12 Å². The number of nitrogens with zero attached hydrogens (tertiary/aromatic N) is 2. The highest BCUT2D eigenvalue weighted by atomic mass is 28.5. The van der Waals surface area contributed by atoms with Crippen LogP contribution in [0.3, 0.4) is 0 Å². The average Bonchev–Trinajstić information content (AvgIpc) is 1.79. The van der Waals surface area contributed by atoms with Crippen LogP contribution >= 0.6 is 0 Å². The van der Waals surface area contributed by atoms with E-state index in [2.05, 4.69) is 68.4 Å². The second-order valence-corrected chi connectivity index (χ2v) is 20.2. The minimum Gasteiger partial charge on any atom is -0.359 e. The summed E-state index contributed by atoms with van der Waals surface area (Å²) in [5.74, 6) is 0. The van der Waals surface area contributed by atoms with Crippen molar-refractivity contribution in [3.63, 3.8) is 0 Å². The fourth-order valence-electron chi connectivity index (χ4n) is 2.36. The molecule has 0 aliphatic carbocycles. The third-order valence-corrected chi connectivity index (χ3v) is 18.6. The van der Waals surface area contributed by atoms with Gasteiger partial charge in [0.2, 0.25) is 0 Å². The molecule has 14 heavy (non-hydrogen) atoms. The molecule has 0 saturated heterocycles. The highest BCUT2D eigenvalue weighted by molar-refractivity contribution is 6.98. The lowest BCUT2D eigenvalue weighted by Crippen LogP contribution is -2.67. The Morgan fingerprint density at radius 2 is 1.07 bits per heavy atom. The molecule has 1 unspecified atom stereocenters. The monoisotopic (exact) mass is 248 g/mol. The van der Waals surface area contributed by atoms with E-state index in [1.54, 1.807) is 0 Å². The highest BCUT2D eigenvalue weighted by Gasteiger charge is 2.38. The van der Waals surface area contributed by atoms with Crippen LogP contribution in [-0.2, 0) is 0 Å². The van der Waals surface area contributed by atoms with Crippen LogP contribution in [0.2, 0.25) is 45.8 Å². The minimum atomic E-state index is -1.13. The van der Waals surface area contributed by atoms with Crippen molar-refractivity contribution in [2.45, 2.75) is 45.8 Å². The van der Waals surface area contributed by atoms with Crippen LogP contribution in [0.5, 0.6) is 0 Å². The van der Waals surface area contributed by atoms with Crippen molar-refractivity contribution < 1.29 is 0 Å². The quantitative estimate of drug-likeness (QED) is 0.705. The number of rotatable bonds is 4. The molecule has 0 aliphatic heterocycles. The summed E-state index contributed by atoms with van der Waals surface area (Å²) in [5.41, 5.74) is 0. The zero-order chi connectivity index (χ0) is 11.7. The summed E-state index contributed by atoms with van der Waals surface area (Å²) in [6, 6.07) is 0. The highest BCUT2D eigenvalue weighted by Crippen LogP contribution is 2.21. The Bertz CT molecular complexity index is 167. The molecule has 5 heteroatoms. The fraction of sp³-hybridized carbons (Fsp3) is 1.00. The normalized spacial score (nSPS) is 16.5. The molecule has 0 fully saturated rings. The molecular formula is C9H28N2Si3. The first-order chi connectivity index (χ1) is 5.98. The van der Waals surface area contributed by atoms with Crippen molar-refractivity contribution in [3.05, 3.63) is 0 Å². The van der Waals surface area contributed by atoms with E-state index in [1.165, 1.54) is 0 Å². The van der Waals surface area contributed by atoms with E-state index < -0.39 is 25.6 Å². The lowest BCUT2D eigenvalue weighted by atomic mass is 11.3. The van der Waals surface area contributed by atoms with Gasteiger partial charge in [0.1, 0.15) is 16.5 Å². The molecule has 0 heterocycles. The van der Waals surface area contributed by atoms with E-state index in [1.807, 2.05) is 0 Å². The smallest absolute Gasteiger partial charge is 0.173 e. The minimum absolute atomic E-state index is 0.850. The molecule has 0 saturated carbocycles. The molecule has 0 aliphatic rings. The van der Waals surface area contributed by atoms with Crippen LogP contribution in [0.1, 0.15) is 0 Å². The lowest BCUT2D eigenvalue weighted by Gasteiger charge is -2.49. The molecule has 1 atom stereocenters. The van der Waals surface area contributed by atoms with Gasteiger partial charge in [-0.15, -0.1) is 0 Å². The Labute approximate surface area is 94.2 Å². The van der Waals surface area contributed by atoms with E-state index in [0.29, 0.717) is 0 Å². The largest absolute Gasteiger partial charge is 0.359 e.